The molecule has 0 radical (unpaired) electrons. The number of hydrogen-bond donors (Lipinski definition) is 1. The first-order valence-electron chi connectivity index (χ1n) is 12.5. The number of allylic oxidation sites excluding steroid dienone is 4. The van der Waals surface area contributed by atoms with Crippen molar-refractivity contribution < 1.29 is 23.9 Å². The maximum atomic E-state index is 13.3. The molecule has 7 nitrogen and oxygen atoms in total. The molecule has 0 bridgehead atoms. The molecule has 0 saturated heterocycles. The van der Waals surface area contributed by atoms with Crippen molar-refractivity contribution in [1.82, 2.24) is 4.90 Å². The van der Waals surface area contributed by atoms with Gasteiger partial charge in [0.05, 0.1) is 7.11 Å². The Morgan fingerprint density at radius 1 is 0.973 bits per heavy atom. The van der Waals surface area contributed by atoms with Gasteiger partial charge in [-0.2, -0.15) is 0 Å². The first-order chi connectivity index (χ1) is 17.9. The van der Waals surface area contributed by atoms with Gasteiger partial charge >= 0.3 is 0 Å². The van der Waals surface area contributed by atoms with Crippen molar-refractivity contribution in [3.8, 4) is 11.5 Å². The number of rotatable bonds is 6. The number of nitrogens with one attached hydrogen (secondary N) is 1. The zero-order valence-electron chi connectivity index (χ0n) is 20.9. The van der Waals surface area contributed by atoms with Crippen molar-refractivity contribution in [2.75, 3.05) is 26.1 Å². The van der Waals surface area contributed by atoms with Gasteiger partial charge in [0.1, 0.15) is 11.5 Å². The van der Waals surface area contributed by atoms with Crippen molar-refractivity contribution in [2.45, 2.75) is 44.4 Å². The van der Waals surface area contributed by atoms with Gasteiger partial charge in [0.2, 0.25) is 0 Å². The van der Waals surface area contributed by atoms with E-state index in [-0.39, 0.29) is 24.1 Å². The fourth-order valence-corrected chi connectivity index (χ4v) is 5.74. The molecule has 1 amide bonds. The molecule has 0 fully saturated rings. The Bertz CT molecular complexity index is 1280. The van der Waals surface area contributed by atoms with Crippen LogP contribution in [0.2, 0.25) is 5.02 Å². The highest BCUT2D eigenvalue weighted by Gasteiger charge is 2.43. The van der Waals surface area contributed by atoms with E-state index in [0.717, 1.165) is 37.1 Å². The number of amides is 1. The second-order valence-electron chi connectivity index (χ2n) is 9.51. The van der Waals surface area contributed by atoms with Crippen molar-refractivity contribution in [1.29, 1.82) is 0 Å². The molecule has 1 aliphatic heterocycles. The number of nitrogens with zero attached hydrogens (tertiary/aromatic N) is 1. The van der Waals surface area contributed by atoms with E-state index in [0.29, 0.717) is 51.8 Å². The summed E-state index contributed by atoms with van der Waals surface area (Å²) in [5.74, 6) is 0.323. The van der Waals surface area contributed by atoms with Crippen LogP contribution in [0.15, 0.2) is 65.0 Å². The Labute approximate surface area is 221 Å². The fourth-order valence-electron chi connectivity index (χ4n) is 5.55. The highest BCUT2D eigenvalue weighted by molar-refractivity contribution is 6.30. The normalized spacial score (nSPS) is 18.0. The number of Topliss-reactive ketones (excluding diaryl/α,β-unsaturated/α-hetero) is 2. The van der Waals surface area contributed by atoms with E-state index >= 15 is 0 Å². The Balaban J connectivity index is 1.48. The smallest absolute Gasteiger partial charge is 0.262 e. The lowest BCUT2D eigenvalue weighted by atomic mass is 9.71. The Morgan fingerprint density at radius 2 is 1.59 bits per heavy atom. The molecule has 2 aliphatic carbocycles. The van der Waals surface area contributed by atoms with E-state index in [1.54, 1.807) is 49.6 Å². The van der Waals surface area contributed by atoms with Crippen LogP contribution in [0, 0.1) is 0 Å². The van der Waals surface area contributed by atoms with Crippen LogP contribution in [-0.2, 0) is 14.4 Å². The molecule has 0 unspecified atom stereocenters. The van der Waals surface area contributed by atoms with Crippen LogP contribution in [0.1, 0.15) is 50.0 Å². The Hall–Kier alpha value is -3.58. The molecule has 0 aromatic heterocycles. The number of halogens is 1. The lowest BCUT2D eigenvalue weighted by Gasteiger charge is -2.42. The lowest BCUT2D eigenvalue weighted by Crippen LogP contribution is -2.37. The summed E-state index contributed by atoms with van der Waals surface area (Å²) >= 11 is 6.43. The van der Waals surface area contributed by atoms with Crippen molar-refractivity contribution in [2.24, 2.45) is 0 Å². The minimum atomic E-state index is -0.555. The first-order valence-corrected chi connectivity index (χ1v) is 12.9. The summed E-state index contributed by atoms with van der Waals surface area (Å²) in [6.07, 6.45) is 4.02. The monoisotopic (exact) mass is 520 g/mol. The maximum absolute atomic E-state index is 13.3. The molecule has 0 atom stereocenters. The third-order valence-electron chi connectivity index (χ3n) is 7.26. The summed E-state index contributed by atoms with van der Waals surface area (Å²) < 4.78 is 11.2. The van der Waals surface area contributed by atoms with Crippen molar-refractivity contribution in [3.63, 3.8) is 0 Å². The van der Waals surface area contributed by atoms with Crippen LogP contribution in [0.5, 0.6) is 11.5 Å². The molecule has 8 heteroatoms. The second kappa shape index (κ2) is 10.4. The Kier molecular flexibility index (Phi) is 7.07. The maximum Gasteiger partial charge on any atom is 0.262 e. The van der Waals surface area contributed by atoms with Gasteiger partial charge in [0.25, 0.3) is 5.91 Å². The molecule has 1 heterocycles. The molecule has 192 valence electrons. The van der Waals surface area contributed by atoms with Gasteiger partial charge in [0.15, 0.2) is 18.2 Å². The zero-order chi connectivity index (χ0) is 26.1. The standard InChI is InChI=1S/C29H29ClN2O5/c1-32-21-5-3-7-23(33)28(21)27(29-22(32)6-4-8-24(29)34)20-15-17(30)9-14-25(20)37-16-26(35)31-18-10-12-19(36-2)13-11-18/h9-15,27H,3-8,16H2,1-2H3,(H,31,35). The third-order valence-corrected chi connectivity index (χ3v) is 7.50. The Morgan fingerprint density at radius 3 is 2.19 bits per heavy atom. The lowest BCUT2D eigenvalue weighted by molar-refractivity contribution is -0.119. The summed E-state index contributed by atoms with van der Waals surface area (Å²) in [6, 6.07) is 12.2. The molecule has 0 spiro atoms. The van der Waals surface area contributed by atoms with Crippen molar-refractivity contribution in [3.05, 3.63) is 75.6 Å². The molecule has 37 heavy (non-hydrogen) atoms. The minimum Gasteiger partial charge on any atom is -0.497 e. The van der Waals surface area contributed by atoms with Crippen LogP contribution < -0.4 is 14.8 Å². The summed E-state index contributed by atoms with van der Waals surface area (Å²) in [5, 5.41) is 3.28. The molecular formula is C29H29ClN2O5. The predicted octanol–water partition coefficient (Wildman–Crippen LogP) is 5.41. The molecule has 2 aromatic carbocycles. The minimum absolute atomic E-state index is 0.0474. The first kappa shape index (κ1) is 25.1. The van der Waals surface area contributed by atoms with Crippen LogP contribution in [0.25, 0.3) is 0 Å². The molecule has 1 N–H and O–H groups in total. The molecular weight excluding hydrogens is 492 g/mol. The van der Waals surface area contributed by atoms with E-state index in [1.165, 1.54) is 0 Å². The quantitative estimate of drug-likeness (QED) is 0.548. The topological polar surface area (TPSA) is 84.9 Å². The average molecular weight is 521 g/mol. The number of anilines is 1. The van der Waals surface area contributed by atoms with E-state index in [2.05, 4.69) is 10.2 Å². The van der Waals surface area contributed by atoms with E-state index < -0.39 is 5.92 Å². The number of methoxy groups -OCH3 is 1. The van der Waals surface area contributed by atoms with Gasteiger partial charge in [-0.3, -0.25) is 14.4 Å². The number of carbonyl (C=O) groups excluding carboxylic acids is 3. The molecule has 3 aliphatic rings. The molecule has 5 rings (SSSR count). The van der Waals surface area contributed by atoms with Gasteiger partial charge in [-0.15, -0.1) is 0 Å². The molecule has 2 aromatic rings. The van der Waals surface area contributed by atoms with E-state index in [9.17, 15) is 14.4 Å². The highest BCUT2D eigenvalue weighted by Crippen LogP contribution is 2.50. The highest BCUT2D eigenvalue weighted by atomic mass is 35.5. The van der Waals surface area contributed by atoms with Gasteiger partial charge < -0.3 is 19.7 Å². The number of ketones is 2. The number of ether oxygens (including phenoxy) is 2. The van der Waals surface area contributed by atoms with Crippen LogP contribution in [-0.4, -0.2) is 43.1 Å². The summed E-state index contributed by atoms with van der Waals surface area (Å²) in [7, 11) is 3.53. The fraction of sp³-hybridized carbons (Fsp3) is 0.345. The predicted molar refractivity (Wildman–Crippen MR) is 141 cm³/mol. The van der Waals surface area contributed by atoms with E-state index in [1.807, 2.05) is 7.05 Å². The second-order valence-corrected chi connectivity index (χ2v) is 9.95. The van der Waals surface area contributed by atoms with Crippen LogP contribution in [0.3, 0.4) is 0 Å². The van der Waals surface area contributed by atoms with E-state index in [4.69, 9.17) is 21.1 Å². The van der Waals surface area contributed by atoms with Gasteiger partial charge in [0, 0.05) is 64.6 Å². The van der Waals surface area contributed by atoms with Crippen LogP contribution >= 0.6 is 11.6 Å². The number of benzene rings is 2. The summed E-state index contributed by atoms with van der Waals surface area (Å²) in [4.78, 5) is 41.3. The van der Waals surface area contributed by atoms with Gasteiger partial charge in [-0.05, 0) is 68.1 Å². The largest absolute Gasteiger partial charge is 0.497 e. The summed E-state index contributed by atoms with van der Waals surface area (Å²) in [5.41, 5.74) is 4.50. The van der Waals surface area contributed by atoms with Crippen LogP contribution in [0.4, 0.5) is 5.69 Å². The zero-order valence-corrected chi connectivity index (χ0v) is 21.7. The van der Waals surface area contributed by atoms with Gasteiger partial charge in [-0.25, -0.2) is 0 Å². The van der Waals surface area contributed by atoms with Crippen molar-refractivity contribution >= 4 is 34.8 Å². The SMILES string of the molecule is COc1ccc(NC(=O)COc2ccc(Cl)cc2C2C3=C(CCCC3=O)N(C)C3=C2C(=O)CCC3)cc1. The number of carbonyl (C=O) groups is 3. The average Bonchev–Trinajstić information content (AvgIpc) is 2.89. The van der Waals surface area contributed by atoms with Gasteiger partial charge in [-0.1, -0.05) is 11.6 Å². The summed E-state index contributed by atoms with van der Waals surface area (Å²) in [6.45, 7) is -0.243. The number of hydrogen-bond acceptors (Lipinski definition) is 6. The third kappa shape index (κ3) is 4.88. The molecule has 0 saturated carbocycles.